The molecule has 21 heavy (non-hydrogen) atoms. The molecule has 0 bridgehead atoms. The summed E-state index contributed by atoms with van der Waals surface area (Å²) in [5.74, 6) is 0.0837. The van der Waals surface area contributed by atoms with Crippen LogP contribution in [0.15, 0.2) is 30.3 Å². The molecule has 1 saturated heterocycles. The molecule has 1 aliphatic heterocycles. The molecule has 2 rings (SSSR count). The van der Waals surface area contributed by atoms with Crippen molar-refractivity contribution in [1.29, 1.82) is 0 Å². The van der Waals surface area contributed by atoms with E-state index in [4.69, 9.17) is 5.73 Å². The molecule has 2 N–H and O–H groups in total. The third kappa shape index (κ3) is 4.33. The maximum absolute atomic E-state index is 12.2. The van der Waals surface area contributed by atoms with Crippen molar-refractivity contribution in [1.82, 2.24) is 9.80 Å². The van der Waals surface area contributed by atoms with Gasteiger partial charge in [0.2, 0.25) is 5.91 Å². The van der Waals surface area contributed by atoms with E-state index in [-0.39, 0.29) is 11.4 Å². The standard InChI is InChI=1S/C17H25N3O/c1-17(2,3)20-12-10-19(11-13-20)16(21)9-6-14-4-7-15(18)8-5-14/h4-9H,10-13,18H2,1-3H3/b9-6+. The van der Waals surface area contributed by atoms with Crippen molar-refractivity contribution in [2.24, 2.45) is 0 Å². The number of nitrogen functional groups attached to an aromatic ring is 1. The number of benzene rings is 1. The monoisotopic (exact) mass is 287 g/mol. The third-order valence-corrected chi connectivity index (χ3v) is 3.89. The number of nitrogens with two attached hydrogens (primary N) is 1. The Morgan fingerprint density at radius 1 is 1.10 bits per heavy atom. The average molecular weight is 287 g/mol. The van der Waals surface area contributed by atoms with Crippen LogP contribution in [0.3, 0.4) is 0 Å². The van der Waals surface area contributed by atoms with Gasteiger partial charge in [-0.15, -0.1) is 0 Å². The zero-order valence-electron chi connectivity index (χ0n) is 13.2. The SMILES string of the molecule is CC(C)(C)N1CCN(C(=O)/C=C/c2ccc(N)cc2)CC1. The smallest absolute Gasteiger partial charge is 0.246 e. The molecule has 0 aliphatic carbocycles. The van der Waals surface area contributed by atoms with Crippen LogP contribution in [0.25, 0.3) is 6.08 Å². The fourth-order valence-corrected chi connectivity index (χ4v) is 2.48. The lowest BCUT2D eigenvalue weighted by Crippen LogP contribution is -2.54. The summed E-state index contributed by atoms with van der Waals surface area (Å²) in [6, 6.07) is 7.51. The van der Waals surface area contributed by atoms with Gasteiger partial charge in [0.05, 0.1) is 0 Å². The average Bonchev–Trinajstić information content (AvgIpc) is 2.45. The fourth-order valence-electron chi connectivity index (χ4n) is 2.48. The molecule has 0 aromatic heterocycles. The van der Waals surface area contributed by atoms with Gasteiger partial charge in [-0.1, -0.05) is 12.1 Å². The Labute approximate surface area is 127 Å². The van der Waals surface area contributed by atoms with E-state index in [1.165, 1.54) is 0 Å². The second kappa shape index (κ2) is 6.31. The molecule has 114 valence electrons. The normalized spacial score (nSPS) is 17.4. The van der Waals surface area contributed by atoms with Gasteiger partial charge in [-0.2, -0.15) is 0 Å². The van der Waals surface area contributed by atoms with E-state index >= 15 is 0 Å². The molecule has 4 nitrogen and oxygen atoms in total. The van der Waals surface area contributed by atoms with Gasteiger partial charge in [-0.05, 0) is 44.5 Å². The number of rotatable bonds is 2. The lowest BCUT2D eigenvalue weighted by atomic mass is 10.0. The zero-order chi connectivity index (χ0) is 15.5. The van der Waals surface area contributed by atoms with Crippen molar-refractivity contribution in [3.8, 4) is 0 Å². The minimum absolute atomic E-state index is 0.0837. The molecule has 1 fully saturated rings. The predicted molar refractivity (Wildman–Crippen MR) is 87.8 cm³/mol. The number of nitrogens with zero attached hydrogens (tertiary/aromatic N) is 2. The van der Waals surface area contributed by atoms with Gasteiger partial charge in [0.15, 0.2) is 0 Å². The lowest BCUT2D eigenvalue weighted by Gasteiger charge is -2.42. The summed E-state index contributed by atoms with van der Waals surface area (Å²) in [4.78, 5) is 16.5. The molecule has 1 aliphatic rings. The van der Waals surface area contributed by atoms with Crippen LogP contribution in [0.1, 0.15) is 26.3 Å². The third-order valence-electron chi connectivity index (χ3n) is 3.89. The van der Waals surface area contributed by atoms with Crippen molar-refractivity contribution in [3.05, 3.63) is 35.9 Å². The van der Waals surface area contributed by atoms with Gasteiger partial charge in [0.1, 0.15) is 0 Å². The van der Waals surface area contributed by atoms with Crippen LogP contribution in [-0.2, 0) is 4.79 Å². The summed E-state index contributed by atoms with van der Waals surface area (Å²) < 4.78 is 0. The van der Waals surface area contributed by atoms with Crippen LogP contribution in [0, 0.1) is 0 Å². The number of piperazine rings is 1. The highest BCUT2D eigenvalue weighted by atomic mass is 16.2. The number of anilines is 1. The highest BCUT2D eigenvalue weighted by Gasteiger charge is 2.26. The van der Waals surface area contributed by atoms with E-state index in [1.54, 1.807) is 6.08 Å². The summed E-state index contributed by atoms with van der Waals surface area (Å²) in [7, 11) is 0. The van der Waals surface area contributed by atoms with Crippen LogP contribution in [-0.4, -0.2) is 47.4 Å². The summed E-state index contributed by atoms with van der Waals surface area (Å²) in [6.45, 7) is 10.1. The predicted octanol–water partition coefficient (Wildman–Crippen LogP) is 2.22. The van der Waals surface area contributed by atoms with E-state index in [1.807, 2.05) is 35.2 Å². The van der Waals surface area contributed by atoms with Gasteiger partial charge in [-0.25, -0.2) is 0 Å². The number of hydrogen-bond donors (Lipinski definition) is 1. The molecule has 0 saturated carbocycles. The molecular formula is C17H25N3O. The quantitative estimate of drug-likeness (QED) is 0.670. The first-order valence-corrected chi connectivity index (χ1v) is 7.44. The first kappa shape index (κ1) is 15.6. The summed E-state index contributed by atoms with van der Waals surface area (Å²) >= 11 is 0. The molecule has 0 radical (unpaired) electrons. The van der Waals surface area contributed by atoms with Crippen LogP contribution in [0.2, 0.25) is 0 Å². The Balaban J connectivity index is 1.89. The topological polar surface area (TPSA) is 49.6 Å². The second-order valence-corrected chi connectivity index (χ2v) is 6.48. The maximum atomic E-state index is 12.2. The Morgan fingerprint density at radius 3 is 2.19 bits per heavy atom. The van der Waals surface area contributed by atoms with E-state index in [9.17, 15) is 4.79 Å². The fraction of sp³-hybridized carbons (Fsp3) is 0.471. The Hall–Kier alpha value is -1.81. The Kier molecular flexibility index (Phi) is 4.68. The molecule has 4 heteroatoms. The Bertz CT molecular complexity index is 506. The van der Waals surface area contributed by atoms with E-state index < -0.39 is 0 Å². The maximum Gasteiger partial charge on any atom is 0.246 e. The van der Waals surface area contributed by atoms with Crippen LogP contribution in [0.4, 0.5) is 5.69 Å². The molecule has 1 amide bonds. The summed E-state index contributed by atoms with van der Waals surface area (Å²) in [5.41, 5.74) is 7.54. The first-order valence-electron chi connectivity index (χ1n) is 7.44. The highest BCUT2D eigenvalue weighted by molar-refractivity contribution is 5.91. The minimum Gasteiger partial charge on any atom is -0.399 e. The van der Waals surface area contributed by atoms with Crippen molar-refractivity contribution in [2.75, 3.05) is 31.9 Å². The molecule has 1 heterocycles. The molecular weight excluding hydrogens is 262 g/mol. The van der Waals surface area contributed by atoms with E-state index in [0.717, 1.165) is 37.4 Å². The van der Waals surface area contributed by atoms with Gasteiger partial charge >= 0.3 is 0 Å². The summed E-state index contributed by atoms with van der Waals surface area (Å²) in [6.07, 6.45) is 3.50. The second-order valence-electron chi connectivity index (χ2n) is 6.48. The molecule has 0 unspecified atom stereocenters. The van der Waals surface area contributed by atoms with Gasteiger partial charge in [0, 0.05) is 43.5 Å². The number of carbonyl (C=O) groups is 1. The molecule has 1 aromatic carbocycles. The van der Waals surface area contributed by atoms with Gasteiger partial charge < -0.3 is 10.6 Å². The van der Waals surface area contributed by atoms with Gasteiger partial charge in [-0.3, -0.25) is 9.69 Å². The Morgan fingerprint density at radius 2 is 1.67 bits per heavy atom. The minimum atomic E-state index is 0.0837. The highest BCUT2D eigenvalue weighted by Crippen LogP contribution is 2.16. The molecule has 0 atom stereocenters. The van der Waals surface area contributed by atoms with Crippen molar-refractivity contribution in [3.63, 3.8) is 0 Å². The first-order chi connectivity index (χ1) is 9.86. The van der Waals surface area contributed by atoms with Crippen molar-refractivity contribution >= 4 is 17.7 Å². The van der Waals surface area contributed by atoms with E-state index in [2.05, 4.69) is 25.7 Å². The lowest BCUT2D eigenvalue weighted by molar-refractivity contribution is -0.128. The number of carbonyl (C=O) groups excluding carboxylic acids is 1. The van der Waals surface area contributed by atoms with Crippen molar-refractivity contribution < 1.29 is 4.79 Å². The summed E-state index contributed by atoms with van der Waals surface area (Å²) in [5, 5.41) is 0. The molecule has 0 spiro atoms. The number of amides is 1. The van der Waals surface area contributed by atoms with Crippen LogP contribution >= 0.6 is 0 Å². The zero-order valence-corrected chi connectivity index (χ0v) is 13.2. The van der Waals surface area contributed by atoms with Crippen molar-refractivity contribution in [2.45, 2.75) is 26.3 Å². The van der Waals surface area contributed by atoms with Crippen LogP contribution < -0.4 is 5.73 Å². The van der Waals surface area contributed by atoms with E-state index in [0.29, 0.717) is 0 Å². The van der Waals surface area contributed by atoms with Crippen LogP contribution in [0.5, 0.6) is 0 Å². The largest absolute Gasteiger partial charge is 0.399 e. The number of hydrogen-bond acceptors (Lipinski definition) is 3. The molecule has 1 aromatic rings. The van der Waals surface area contributed by atoms with Gasteiger partial charge in [0.25, 0.3) is 0 Å².